The SMILES string of the molecule is CC1CCCC(n2cncc2C(CN)C(C)C)C1. The second-order valence-electron chi connectivity index (χ2n) is 6.24. The maximum absolute atomic E-state index is 5.95. The third-order valence-corrected chi connectivity index (χ3v) is 4.44. The van der Waals surface area contributed by atoms with Crippen LogP contribution in [0.4, 0.5) is 0 Å². The molecule has 1 heterocycles. The molecular formula is C15H27N3. The molecule has 3 unspecified atom stereocenters. The summed E-state index contributed by atoms with van der Waals surface area (Å²) in [6.07, 6.45) is 9.35. The summed E-state index contributed by atoms with van der Waals surface area (Å²) in [7, 11) is 0. The van der Waals surface area contributed by atoms with Gasteiger partial charge in [-0.1, -0.05) is 33.6 Å². The van der Waals surface area contributed by atoms with Gasteiger partial charge in [0.05, 0.1) is 6.33 Å². The van der Waals surface area contributed by atoms with Crippen LogP contribution in [0.1, 0.15) is 64.1 Å². The lowest BCUT2D eigenvalue weighted by Gasteiger charge is -2.31. The van der Waals surface area contributed by atoms with Crippen LogP contribution in [-0.4, -0.2) is 16.1 Å². The maximum Gasteiger partial charge on any atom is 0.0950 e. The molecule has 0 aromatic carbocycles. The van der Waals surface area contributed by atoms with Crippen LogP contribution < -0.4 is 5.73 Å². The zero-order chi connectivity index (χ0) is 13.1. The molecule has 1 fully saturated rings. The largest absolute Gasteiger partial charge is 0.331 e. The summed E-state index contributed by atoms with van der Waals surface area (Å²) in [6, 6.07) is 0.638. The molecule has 0 spiro atoms. The standard InChI is InChI=1S/C15H27N3/c1-11(2)14(8-16)15-9-17-10-18(15)13-6-4-5-12(3)7-13/h9-14H,4-8,16H2,1-3H3. The highest BCUT2D eigenvalue weighted by Crippen LogP contribution is 2.35. The number of nitrogens with zero attached hydrogens (tertiary/aromatic N) is 2. The summed E-state index contributed by atoms with van der Waals surface area (Å²) in [4.78, 5) is 4.38. The molecule has 3 atom stereocenters. The van der Waals surface area contributed by atoms with Gasteiger partial charge in [0, 0.05) is 30.4 Å². The van der Waals surface area contributed by atoms with E-state index in [1.54, 1.807) is 0 Å². The molecule has 102 valence electrons. The van der Waals surface area contributed by atoms with Crippen LogP contribution in [0.3, 0.4) is 0 Å². The van der Waals surface area contributed by atoms with Gasteiger partial charge in [-0.25, -0.2) is 4.98 Å². The summed E-state index contributed by atoms with van der Waals surface area (Å²) in [5.74, 6) is 1.85. The monoisotopic (exact) mass is 249 g/mol. The first-order chi connectivity index (χ1) is 8.63. The van der Waals surface area contributed by atoms with Crippen LogP contribution in [-0.2, 0) is 0 Å². The van der Waals surface area contributed by atoms with Gasteiger partial charge in [-0.15, -0.1) is 0 Å². The van der Waals surface area contributed by atoms with Crippen LogP contribution in [0.15, 0.2) is 12.5 Å². The molecule has 3 heteroatoms. The Balaban J connectivity index is 2.21. The van der Waals surface area contributed by atoms with E-state index in [1.807, 2.05) is 12.5 Å². The third kappa shape index (κ3) is 2.77. The summed E-state index contributed by atoms with van der Waals surface area (Å²) >= 11 is 0. The van der Waals surface area contributed by atoms with Gasteiger partial charge in [-0.2, -0.15) is 0 Å². The molecule has 0 amide bonds. The quantitative estimate of drug-likeness (QED) is 0.889. The number of hydrogen-bond acceptors (Lipinski definition) is 2. The van der Waals surface area contributed by atoms with Crippen LogP contribution >= 0.6 is 0 Å². The topological polar surface area (TPSA) is 43.8 Å². The van der Waals surface area contributed by atoms with E-state index < -0.39 is 0 Å². The van der Waals surface area contributed by atoms with Crippen molar-refractivity contribution >= 4 is 0 Å². The average Bonchev–Trinajstić information content (AvgIpc) is 2.78. The van der Waals surface area contributed by atoms with E-state index in [2.05, 4.69) is 30.3 Å². The molecule has 0 saturated heterocycles. The molecule has 0 radical (unpaired) electrons. The zero-order valence-corrected chi connectivity index (χ0v) is 12.0. The molecule has 18 heavy (non-hydrogen) atoms. The minimum atomic E-state index is 0.435. The molecule has 1 saturated carbocycles. The number of rotatable bonds is 4. The Morgan fingerprint density at radius 2 is 2.22 bits per heavy atom. The Morgan fingerprint density at radius 1 is 1.44 bits per heavy atom. The molecule has 3 nitrogen and oxygen atoms in total. The van der Waals surface area contributed by atoms with Gasteiger partial charge >= 0.3 is 0 Å². The molecular weight excluding hydrogens is 222 g/mol. The van der Waals surface area contributed by atoms with Gasteiger partial charge in [-0.3, -0.25) is 0 Å². The molecule has 0 aliphatic heterocycles. The third-order valence-electron chi connectivity index (χ3n) is 4.44. The fourth-order valence-corrected chi connectivity index (χ4v) is 3.30. The Hall–Kier alpha value is -0.830. The minimum absolute atomic E-state index is 0.435. The van der Waals surface area contributed by atoms with Gasteiger partial charge < -0.3 is 10.3 Å². The second kappa shape index (κ2) is 5.87. The highest BCUT2D eigenvalue weighted by Gasteiger charge is 2.25. The van der Waals surface area contributed by atoms with Crippen molar-refractivity contribution in [1.82, 2.24) is 9.55 Å². The Bertz CT molecular complexity index is 370. The lowest BCUT2D eigenvalue weighted by Crippen LogP contribution is -2.24. The van der Waals surface area contributed by atoms with Gasteiger partial charge in [0.1, 0.15) is 0 Å². The van der Waals surface area contributed by atoms with E-state index in [4.69, 9.17) is 5.73 Å². The summed E-state index contributed by atoms with van der Waals surface area (Å²) in [5, 5.41) is 0. The van der Waals surface area contributed by atoms with Crippen molar-refractivity contribution < 1.29 is 0 Å². The van der Waals surface area contributed by atoms with E-state index in [0.717, 1.165) is 5.92 Å². The van der Waals surface area contributed by atoms with Crippen molar-refractivity contribution in [2.45, 2.75) is 58.4 Å². The van der Waals surface area contributed by atoms with E-state index in [-0.39, 0.29) is 0 Å². The molecule has 1 aliphatic carbocycles. The van der Waals surface area contributed by atoms with Crippen molar-refractivity contribution in [2.24, 2.45) is 17.6 Å². The summed E-state index contributed by atoms with van der Waals surface area (Å²) in [6.45, 7) is 7.58. The highest BCUT2D eigenvalue weighted by molar-refractivity contribution is 5.10. The molecule has 2 N–H and O–H groups in total. The number of hydrogen-bond donors (Lipinski definition) is 1. The molecule has 1 aromatic heterocycles. The zero-order valence-electron chi connectivity index (χ0n) is 12.0. The Morgan fingerprint density at radius 3 is 2.83 bits per heavy atom. The first-order valence-corrected chi connectivity index (χ1v) is 7.35. The number of imidazole rings is 1. The molecule has 1 aromatic rings. The Kier molecular flexibility index (Phi) is 4.44. The lowest BCUT2D eigenvalue weighted by atomic mass is 9.86. The van der Waals surface area contributed by atoms with E-state index in [9.17, 15) is 0 Å². The predicted octanol–water partition coefficient (Wildman–Crippen LogP) is 3.33. The van der Waals surface area contributed by atoms with Crippen molar-refractivity contribution in [3.05, 3.63) is 18.2 Å². The average molecular weight is 249 g/mol. The minimum Gasteiger partial charge on any atom is -0.331 e. The Labute approximate surface area is 111 Å². The van der Waals surface area contributed by atoms with E-state index in [1.165, 1.54) is 31.4 Å². The van der Waals surface area contributed by atoms with Gasteiger partial charge in [0.15, 0.2) is 0 Å². The number of aromatic nitrogens is 2. The summed E-state index contributed by atoms with van der Waals surface area (Å²) < 4.78 is 2.41. The van der Waals surface area contributed by atoms with Crippen molar-refractivity contribution in [3.8, 4) is 0 Å². The van der Waals surface area contributed by atoms with Gasteiger partial charge in [0.25, 0.3) is 0 Å². The van der Waals surface area contributed by atoms with E-state index >= 15 is 0 Å². The first-order valence-electron chi connectivity index (χ1n) is 7.35. The van der Waals surface area contributed by atoms with Crippen molar-refractivity contribution in [3.63, 3.8) is 0 Å². The lowest BCUT2D eigenvalue weighted by molar-refractivity contribution is 0.273. The predicted molar refractivity (Wildman–Crippen MR) is 75.5 cm³/mol. The number of nitrogens with two attached hydrogens (primary N) is 1. The van der Waals surface area contributed by atoms with Crippen LogP contribution in [0.25, 0.3) is 0 Å². The first kappa shape index (κ1) is 13.6. The second-order valence-corrected chi connectivity index (χ2v) is 6.24. The van der Waals surface area contributed by atoms with Crippen LogP contribution in [0, 0.1) is 11.8 Å². The fourth-order valence-electron chi connectivity index (χ4n) is 3.30. The van der Waals surface area contributed by atoms with Gasteiger partial charge in [-0.05, 0) is 24.7 Å². The van der Waals surface area contributed by atoms with E-state index in [0.29, 0.717) is 24.4 Å². The van der Waals surface area contributed by atoms with Crippen molar-refractivity contribution in [1.29, 1.82) is 0 Å². The van der Waals surface area contributed by atoms with Crippen LogP contribution in [0.5, 0.6) is 0 Å². The molecule has 1 aliphatic rings. The fraction of sp³-hybridized carbons (Fsp3) is 0.800. The molecule has 2 rings (SSSR count). The normalized spacial score (nSPS) is 26.5. The maximum atomic E-state index is 5.95. The van der Waals surface area contributed by atoms with Crippen molar-refractivity contribution in [2.75, 3.05) is 6.54 Å². The smallest absolute Gasteiger partial charge is 0.0950 e. The summed E-state index contributed by atoms with van der Waals surface area (Å²) in [5.41, 5.74) is 7.29. The molecule has 0 bridgehead atoms. The highest BCUT2D eigenvalue weighted by atomic mass is 15.1. The van der Waals surface area contributed by atoms with Gasteiger partial charge in [0.2, 0.25) is 0 Å². The van der Waals surface area contributed by atoms with Crippen LogP contribution in [0.2, 0.25) is 0 Å².